The molecule has 1 fully saturated rings. The summed E-state index contributed by atoms with van der Waals surface area (Å²) in [6.45, 7) is 1.98. The maximum absolute atomic E-state index is 11.9. The van der Waals surface area contributed by atoms with E-state index in [9.17, 15) is 18.0 Å². The van der Waals surface area contributed by atoms with E-state index in [-0.39, 0.29) is 17.7 Å². The highest BCUT2D eigenvalue weighted by Gasteiger charge is 2.39. The number of nitrogens with one attached hydrogen (secondary N) is 1. The molecule has 2 N–H and O–H groups in total. The van der Waals surface area contributed by atoms with Crippen LogP contribution in [0.2, 0.25) is 0 Å². The molecule has 0 aliphatic carbocycles. The number of hydrogen-bond donors (Lipinski definition) is 2. The second-order valence-electron chi connectivity index (χ2n) is 4.41. The fraction of sp³-hybridized carbons (Fsp3) is 0.800. The zero-order chi connectivity index (χ0) is 14.6. The Morgan fingerprint density at radius 2 is 2.11 bits per heavy atom. The number of carboxylic acid groups (broad SMARTS) is 1. The Morgan fingerprint density at radius 3 is 2.63 bits per heavy atom. The van der Waals surface area contributed by atoms with Crippen molar-refractivity contribution < 1.29 is 23.1 Å². The van der Waals surface area contributed by atoms with Crippen LogP contribution in [0.1, 0.15) is 13.3 Å². The standard InChI is InChI=1S/C10H18N2O5S2/c1-7-12(8(6-18-7)9(13)14)10(15)11-4-3-5-19(2,16)17/h7-8H,3-6H2,1-2H3,(H,11,15)(H,13,14). The Kier molecular flexibility index (Phi) is 5.48. The van der Waals surface area contributed by atoms with Crippen LogP contribution in [0.15, 0.2) is 0 Å². The van der Waals surface area contributed by atoms with Gasteiger partial charge in [-0.1, -0.05) is 0 Å². The highest BCUT2D eigenvalue weighted by Crippen LogP contribution is 2.28. The first kappa shape index (κ1) is 16.1. The summed E-state index contributed by atoms with van der Waals surface area (Å²) >= 11 is 1.40. The van der Waals surface area contributed by atoms with Crippen molar-refractivity contribution in [3.05, 3.63) is 0 Å². The molecule has 1 heterocycles. The minimum Gasteiger partial charge on any atom is -0.480 e. The predicted molar refractivity (Wildman–Crippen MR) is 72.9 cm³/mol. The minimum absolute atomic E-state index is 0.0000568. The molecule has 110 valence electrons. The number of thioether (sulfide) groups is 1. The van der Waals surface area contributed by atoms with Crippen LogP contribution < -0.4 is 5.32 Å². The van der Waals surface area contributed by atoms with E-state index in [0.29, 0.717) is 12.2 Å². The van der Waals surface area contributed by atoms with Crippen molar-refractivity contribution in [1.82, 2.24) is 10.2 Å². The lowest BCUT2D eigenvalue weighted by Crippen LogP contribution is -2.49. The fourth-order valence-electron chi connectivity index (χ4n) is 1.76. The van der Waals surface area contributed by atoms with Crippen LogP contribution in [-0.4, -0.2) is 66.1 Å². The van der Waals surface area contributed by atoms with Crippen molar-refractivity contribution in [2.75, 3.05) is 24.3 Å². The average molecular weight is 310 g/mol. The van der Waals surface area contributed by atoms with E-state index in [1.807, 2.05) is 0 Å². The van der Waals surface area contributed by atoms with Crippen LogP contribution in [0.25, 0.3) is 0 Å². The van der Waals surface area contributed by atoms with Gasteiger partial charge in [-0.15, -0.1) is 11.8 Å². The number of carbonyl (C=O) groups is 2. The van der Waals surface area contributed by atoms with E-state index in [1.165, 1.54) is 16.7 Å². The monoisotopic (exact) mass is 310 g/mol. The van der Waals surface area contributed by atoms with Crippen LogP contribution in [0.3, 0.4) is 0 Å². The molecule has 2 unspecified atom stereocenters. The van der Waals surface area contributed by atoms with Crippen molar-refractivity contribution in [3.63, 3.8) is 0 Å². The zero-order valence-electron chi connectivity index (χ0n) is 10.8. The third-order valence-electron chi connectivity index (χ3n) is 2.71. The zero-order valence-corrected chi connectivity index (χ0v) is 12.5. The molecule has 1 aliphatic rings. The number of rotatable bonds is 5. The van der Waals surface area contributed by atoms with E-state index in [2.05, 4.69) is 5.32 Å². The molecular formula is C10H18N2O5S2. The number of amides is 2. The van der Waals surface area contributed by atoms with Crippen molar-refractivity contribution in [1.29, 1.82) is 0 Å². The topological polar surface area (TPSA) is 104 Å². The van der Waals surface area contributed by atoms with E-state index in [4.69, 9.17) is 5.11 Å². The van der Waals surface area contributed by atoms with Crippen LogP contribution >= 0.6 is 11.8 Å². The van der Waals surface area contributed by atoms with Gasteiger partial charge in [-0.3, -0.25) is 4.90 Å². The van der Waals surface area contributed by atoms with E-state index in [1.54, 1.807) is 6.92 Å². The molecule has 1 aliphatic heterocycles. The Balaban J connectivity index is 2.46. The van der Waals surface area contributed by atoms with Gasteiger partial charge in [0.1, 0.15) is 15.9 Å². The summed E-state index contributed by atoms with van der Waals surface area (Å²) < 4.78 is 21.8. The normalized spacial score (nSPS) is 23.4. The highest BCUT2D eigenvalue weighted by molar-refractivity contribution is 8.00. The maximum atomic E-state index is 11.9. The lowest BCUT2D eigenvalue weighted by atomic mass is 10.3. The van der Waals surface area contributed by atoms with Gasteiger partial charge in [0.05, 0.1) is 11.1 Å². The lowest BCUT2D eigenvalue weighted by molar-refractivity contribution is -0.141. The summed E-state index contributed by atoms with van der Waals surface area (Å²) in [7, 11) is -3.04. The Labute approximate surface area is 116 Å². The number of sulfone groups is 1. The SMILES string of the molecule is CC1SCC(C(=O)O)N1C(=O)NCCCS(C)(=O)=O. The lowest BCUT2D eigenvalue weighted by Gasteiger charge is -2.25. The Hall–Kier alpha value is -0.960. The predicted octanol–water partition coefficient (Wildman–Crippen LogP) is -0.0213. The van der Waals surface area contributed by atoms with Crippen molar-refractivity contribution >= 4 is 33.6 Å². The van der Waals surface area contributed by atoms with Crippen LogP contribution in [0.4, 0.5) is 4.79 Å². The van der Waals surface area contributed by atoms with E-state index in [0.717, 1.165) is 6.26 Å². The van der Waals surface area contributed by atoms with Gasteiger partial charge in [-0.05, 0) is 13.3 Å². The van der Waals surface area contributed by atoms with Crippen LogP contribution in [0.5, 0.6) is 0 Å². The maximum Gasteiger partial charge on any atom is 0.327 e. The molecule has 0 aromatic heterocycles. The van der Waals surface area contributed by atoms with Gasteiger partial charge < -0.3 is 10.4 Å². The first-order valence-corrected chi connectivity index (χ1v) is 8.91. The molecule has 0 aromatic rings. The number of urea groups is 1. The molecule has 9 heteroatoms. The highest BCUT2D eigenvalue weighted by atomic mass is 32.2. The average Bonchev–Trinajstić information content (AvgIpc) is 2.65. The number of nitrogens with zero attached hydrogens (tertiary/aromatic N) is 1. The number of aliphatic carboxylic acids is 1. The summed E-state index contributed by atoms with van der Waals surface area (Å²) in [6.07, 6.45) is 1.45. The molecule has 0 bridgehead atoms. The smallest absolute Gasteiger partial charge is 0.327 e. The molecule has 2 atom stereocenters. The van der Waals surface area contributed by atoms with Crippen molar-refractivity contribution in [2.24, 2.45) is 0 Å². The molecule has 0 spiro atoms. The van der Waals surface area contributed by atoms with Gasteiger partial charge in [-0.25, -0.2) is 18.0 Å². The molecule has 0 radical (unpaired) electrons. The number of hydrogen-bond acceptors (Lipinski definition) is 5. The molecule has 2 amide bonds. The second kappa shape index (κ2) is 6.47. The third-order valence-corrected chi connectivity index (χ3v) is 4.96. The largest absolute Gasteiger partial charge is 0.480 e. The molecule has 19 heavy (non-hydrogen) atoms. The number of carboxylic acids is 1. The van der Waals surface area contributed by atoms with Crippen molar-refractivity contribution in [2.45, 2.75) is 24.8 Å². The van der Waals surface area contributed by atoms with Gasteiger partial charge in [0, 0.05) is 18.6 Å². The molecular weight excluding hydrogens is 292 g/mol. The molecule has 0 aromatic carbocycles. The summed E-state index contributed by atoms with van der Waals surface area (Å²) in [6, 6.07) is -1.28. The summed E-state index contributed by atoms with van der Waals surface area (Å²) in [5.41, 5.74) is 0. The number of carbonyl (C=O) groups excluding carboxylic acids is 1. The summed E-state index contributed by atoms with van der Waals surface area (Å²) in [4.78, 5) is 24.2. The van der Waals surface area contributed by atoms with Crippen molar-refractivity contribution in [3.8, 4) is 0 Å². The Bertz CT molecular complexity index is 451. The minimum atomic E-state index is -3.04. The fourth-order valence-corrected chi connectivity index (χ4v) is 3.60. The first-order valence-electron chi connectivity index (χ1n) is 5.80. The molecule has 7 nitrogen and oxygen atoms in total. The Morgan fingerprint density at radius 1 is 1.47 bits per heavy atom. The van der Waals surface area contributed by atoms with Gasteiger partial charge in [0.2, 0.25) is 0 Å². The third kappa shape index (κ3) is 4.90. The van der Waals surface area contributed by atoms with Gasteiger partial charge in [0.15, 0.2) is 0 Å². The van der Waals surface area contributed by atoms with Crippen LogP contribution in [-0.2, 0) is 14.6 Å². The van der Waals surface area contributed by atoms with Gasteiger partial charge in [-0.2, -0.15) is 0 Å². The summed E-state index contributed by atoms with van der Waals surface area (Å²) in [5.74, 6) is -0.657. The molecule has 0 saturated carbocycles. The second-order valence-corrected chi connectivity index (χ2v) is 8.02. The molecule has 1 rings (SSSR count). The van der Waals surface area contributed by atoms with Gasteiger partial charge >= 0.3 is 12.0 Å². The summed E-state index contributed by atoms with van der Waals surface area (Å²) in [5, 5.41) is 11.4. The van der Waals surface area contributed by atoms with E-state index < -0.39 is 27.9 Å². The quantitative estimate of drug-likeness (QED) is 0.692. The first-order chi connectivity index (χ1) is 8.72. The van der Waals surface area contributed by atoms with E-state index >= 15 is 0 Å². The van der Waals surface area contributed by atoms with Gasteiger partial charge in [0.25, 0.3) is 0 Å². The van der Waals surface area contributed by atoms with Crippen LogP contribution in [0, 0.1) is 0 Å². The molecule has 1 saturated heterocycles.